The van der Waals surface area contributed by atoms with Gasteiger partial charge in [-0.1, -0.05) is 26.7 Å². The molecule has 1 aliphatic carbocycles. The minimum atomic E-state index is -0.155. The minimum Gasteiger partial charge on any atom is -0.395 e. The number of rotatable bonds is 4. The molecule has 1 atom stereocenters. The molecule has 0 spiro atoms. The lowest BCUT2D eigenvalue weighted by Gasteiger charge is -2.40. The van der Waals surface area contributed by atoms with Crippen LogP contribution < -0.4 is 5.32 Å². The molecular formula is C11H23NO2. The van der Waals surface area contributed by atoms with Crippen LogP contribution in [-0.4, -0.2) is 35.5 Å². The highest BCUT2D eigenvalue weighted by molar-refractivity contribution is 4.89. The summed E-state index contributed by atoms with van der Waals surface area (Å²) in [6.45, 7) is 4.55. The Balaban J connectivity index is 2.48. The second-order valence-corrected chi connectivity index (χ2v) is 5.02. The summed E-state index contributed by atoms with van der Waals surface area (Å²) in [4.78, 5) is 0. The van der Waals surface area contributed by atoms with Crippen LogP contribution in [0.1, 0.15) is 39.5 Å². The van der Waals surface area contributed by atoms with E-state index in [1.54, 1.807) is 0 Å². The van der Waals surface area contributed by atoms with Crippen LogP contribution in [0.4, 0.5) is 0 Å². The maximum Gasteiger partial charge on any atom is 0.0607 e. The van der Waals surface area contributed by atoms with Crippen molar-refractivity contribution in [2.45, 2.75) is 51.6 Å². The molecule has 14 heavy (non-hydrogen) atoms. The lowest BCUT2D eigenvalue weighted by atomic mass is 9.73. The highest BCUT2D eigenvalue weighted by Crippen LogP contribution is 2.35. The summed E-state index contributed by atoms with van der Waals surface area (Å²) >= 11 is 0. The Kier molecular flexibility index (Phi) is 4.35. The second-order valence-electron chi connectivity index (χ2n) is 5.02. The summed E-state index contributed by atoms with van der Waals surface area (Å²) < 4.78 is 0. The van der Waals surface area contributed by atoms with Gasteiger partial charge in [0, 0.05) is 6.04 Å². The molecule has 1 fully saturated rings. The topological polar surface area (TPSA) is 52.5 Å². The van der Waals surface area contributed by atoms with Crippen molar-refractivity contribution in [1.82, 2.24) is 5.32 Å². The third-order valence-electron chi connectivity index (χ3n) is 3.38. The molecule has 3 heteroatoms. The summed E-state index contributed by atoms with van der Waals surface area (Å²) in [5.74, 6) is 0. The molecule has 0 aromatic carbocycles. The highest BCUT2D eigenvalue weighted by atomic mass is 16.3. The minimum absolute atomic E-state index is 0.0169. The van der Waals surface area contributed by atoms with Crippen molar-refractivity contribution in [1.29, 1.82) is 0 Å². The summed E-state index contributed by atoms with van der Waals surface area (Å²) in [5.41, 5.74) is 0.293. The summed E-state index contributed by atoms with van der Waals surface area (Å²) in [6.07, 6.45) is 4.94. The molecule has 0 bridgehead atoms. The monoisotopic (exact) mass is 201 g/mol. The van der Waals surface area contributed by atoms with E-state index in [0.29, 0.717) is 11.5 Å². The van der Waals surface area contributed by atoms with Crippen LogP contribution in [0.2, 0.25) is 0 Å². The zero-order chi connectivity index (χ0) is 10.6. The van der Waals surface area contributed by atoms with Crippen LogP contribution in [0.3, 0.4) is 0 Å². The second kappa shape index (κ2) is 5.10. The van der Waals surface area contributed by atoms with Gasteiger partial charge in [-0.15, -0.1) is 0 Å². The molecule has 0 saturated heterocycles. The van der Waals surface area contributed by atoms with E-state index in [2.05, 4.69) is 19.2 Å². The lowest BCUT2D eigenvalue weighted by molar-refractivity contribution is 0.108. The molecule has 0 aromatic rings. The molecule has 1 unspecified atom stereocenters. The Morgan fingerprint density at radius 3 is 2.43 bits per heavy atom. The van der Waals surface area contributed by atoms with E-state index in [1.165, 1.54) is 19.3 Å². The van der Waals surface area contributed by atoms with E-state index in [0.717, 1.165) is 6.42 Å². The van der Waals surface area contributed by atoms with Gasteiger partial charge < -0.3 is 15.5 Å². The normalized spacial score (nSPS) is 26.8. The van der Waals surface area contributed by atoms with Crippen molar-refractivity contribution >= 4 is 0 Å². The first-order chi connectivity index (χ1) is 6.60. The Bertz CT molecular complexity index is 167. The van der Waals surface area contributed by atoms with Gasteiger partial charge in [0.05, 0.1) is 19.3 Å². The average Bonchev–Trinajstić information content (AvgIpc) is 2.16. The number of hydrogen-bond donors (Lipinski definition) is 3. The molecular weight excluding hydrogens is 178 g/mol. The van der Waals surface area contributed by atoms with E-state index in [-0.39, 0.29) is 19.3 Å². The Labute approximate surface area is 86.5 Å². The van der Waals surface area contributed by atoms with Crippen molar-refractivity contribution < 1.29 is 10.2 Å². The van der Waals surface area contributed by atoms with Gasteiger partial charge in [0.2, 0.25) is 0 Å². The smallest absolute Gasteiger partial charge is 0.0607 e. The van der Waals surface area contributed by atoms with Crippen LogP contribution in [0.25, 0.3) is 0 Å². The van der Waals surface area contributed by atoms with Crippen LogP contribution in [0.15, 0.2) is 0 Å². The van der Waals surface area contributed by atoms with Crippen molar-refractivity contribution in [2.24, 2.45) is 5.41 Å². The van der Waals surface area contributed by atoms with Crippen molar-refractivity contribution in [3.05, 3.63) is 0 Å². The van der Waals surface area contributed by atoms with Crippen LogP contribution in [0.5, 0.6) is 0 Å². The van der Waals surface area contributed by atoms with Gasteiger partial charge in [0.25, 0.3) is 0 Å². The fraction of sp³-hybridized carbons (Fsp3) is 1.00. The molecule has 1 aliphatic rings. The predicted molar refractivity (Wildman–Crippen MR) is 57.1 cm³/mol. The van der Waals surface area contributed by atoms with E-state index >= 15 is 0 Å². The Hall–Kier alpha value is -0.120. The van der Waals surface area contributed by atoms with Crippen molar-refractivity contribution in [2.75, 3.05) is 13.2 Å². The zero-order valence-corrected chi connectivity index (χ0v) is 9.29. The van der Waals surface area contributed by atoms with E-state index in [4.69, 9.17) is 10.2 Å². The van der Waals surface area contributed by atoms with Gasteiger partial charge in [-0.25, -0.2) is 0 Å². The van der Waals surface area contributed by atoms with Gasteiger partial charge in [0.15, 0.2) is 0 Å². The largest absolute Gasteiger partial charge is 0.395 e. The molecule has 0 aliphatic heterocycles. The first-order valence-corrected chi connectivity index (χ1v) is 5.58. The van der Waals surface area contributed by atoms with Gasteiger partial charge in [-0.3, -0.25) is 0 Å². The zero-order valence-electron chi connectivity index (χ0n) is 9.29. The van der Waals surface area contributed by atoms with E-state index in [1.807, 2.05) is 0 Å². The fourth-order valence-electron chi connectivity index (χ4n) is 2.25. The third kappa shape index (κ3) is 2.94. The molecule has 84 valence electrons. The molecule has 0 amide bonds. The van der Waals surface area contributed by atoms with Crippen molar-refractivity contribution in [3.8, 4) is 0 Å². The van der Waals surface area contributed by atoms with Crippen LogP contribution >= 0.6 is 0 Å². The predicted octanol–water partition coefficient (Wildman–Crippen LogP) is 0.898. The third-order valence-corrected chi connectivity index (χ3v) is 3.38. The number of aliphatic hydroxyl groups is 2. The number of aliphatic hydroxyl groups excluding tert-OH is 2. The van der Waals surface area contributed by atoms with Gasteiger partial charge in [-0.2, -0.15) is 0 Å². The molecule has 0 aromatic heterocycles. The molecule has 0 heterocycles. The first-order valence-electron chi connectivity index (χ1n) is 5.58. The summed E-state index contributed by atoms with van der Waals surface area (Å²) in [6, 6.07) is 0.276. The average molecular weight is 201 g/mol. The first kappa shape index (κ1) is 12.0. The molecule has 3 N–H and O–H groups in total. The summed E-state index contributed by atoms with van der Waals surface area (Å²) in [5, 5.41) is 21.4. The lowest BCUT2D eigenvalue weighted by Crippen LogP contribution is -2.51. The van der Waals surface area contributed by atoms with Gasteiger partial charge >= 0.3 is 0 Å². The fourth-order valence-corrected chi connectivity index (χ4v) is 2.25. The molecule has 0 radical (unpaired) electrons. The van der Waals surface area contributed by atoms with Crippen molar-refractivity contribution in [3.63, 3.8) is 0 Å². The quantitative estimate of drug-likeness (QED) is 0.633. The Morgan fingerprint density at radius 2 is 1.93 bits per heavy atom. The molecule has 1 saturated carbocycles. The SMILES string of the molecule is CC1(C)CCCCC1NC(CO)CO. The number of nitrogens with one attached hydrogen (secondary N) is 1. The molecule has 3 nitrogen and oxygen atoms in total. The Morgan fingerprint density at radius 1 is 1.29 bits per heavy atom. The van der Waals surface area contributed by atoms with E-state index < -0.39 is 0 Å². The van der Waals surface area contributed by atoms with Crippen LogP contribution in [-0.2, 0) is 0 Å². The standard InChI is InChI=1S/C11H23NO2/c1-11(2)6-4-3-5-10(11)12-9(7-13)8-14/h9-10,12-14H,3-8H2,1-2H3. The molecule has 1 rings (SSSR count). The van der Waals surface area contributed by atoms with Crippen LogP contribution in [0, 0.1) is 5.41 Å². The summed E-state index contributed by atoms with van der Waals surface area (Å²) in [7, 11) is 0. The highest BCUT2D eigenvalue weighted by Gasteiger charge is 2.32. The maximum atomic E-state index is 9.00. The number of hydrogen-bond acceptors (Lipinski definition) is 3. The maximum absolute atomic E-state index is 9.00. The van der Waals surface area contributed by atoms with E-state index in [9.17, 15) is 0 Å². The van der Waals surface area contributed by atoms with Gasteiger partial charge in [0.1, 0.15) is 0 Å². The van der Waals surface area contributed by atoms with Gasteiger partial charge in [-0.05, 0) is 18.3 Å².